The van der Waals surface area contributed by atoms with Gasteiger partial charge in [0.2, 0.25) is 0 Å². The molecule has 0 aliphatic heterocycles. The lowest BCUT2D eigenvalue weighted by Crippen LogP contribution is -2.02. The molecule has 3 rings (SSSR count). The Balaban J connectivity index is 2.09. The second-order valence-corrected chi connectivity index (χ2v) is 9.39. The fraction of sp³-hybridized carbons (Fsp3) is 0.238. The van der Waals surface area contributed by atoms with Gasteiger partial charge in [0.25, 0.3) is 0 Å². The van der Waals surface area contributed by atoms with Crippen LogP contribution in [-0.4, -0.2) is 31.9 Å². The Morgan fingerprint density at radius 3 is 2.83 bits per heavy atom. The zero-order valence-corrected chi connectivity index (χ0v) is 18.2. The molecule has 29 heavy (non-hydrogen) atoms. The monoisotopic (exact) mass is 441 g/mol. The number of hydrogen-bond acceptors (Lipinski definition) is 7. The molecule has 0 saturated carbocycles. The highest BCUT2D eigenvalue weighted by atomic mass is 32.2. The van der Waals surface area contributed by atoms with E-state index in [1.54, 1.807) is 36.5 Å². The molecule has 0 saturated heterocycles. The third-order valence-corrected chi connectivity index (χ3v) is 7.20. The minimum absolute atomic E-state index is 0.161. The van der Waals surface area contributed by atoms with Crippen LogP contribution in [0.1, 0.15) is 35.7 Å². The number of unbranched alkanes of at least 4 members (excludes halogenated alkanes) is 1. The summed E-state index contributed by atoms with van der Waals surface area (Å²) < 4.78 is 0. The number of nitrogens with zero attached hydrogens (tertiary/aromatic N) is 3. The molecule has 2 heterocycles. The third-order valence-electron chi connectivity index (χ3n) is 4.12. The minimum Gasteiger partial charge on any atom is -0.478 e. The first-order valence-electron chi connectivity index (χ1n) is 9.04. The van der Waals surface area contributed by atoms with Crippen molar-refractivity contribution in [2.45, 2.75) is 24.8 Å². The van der Waals surface area contributed by atoms with Gasteiger partial charge in [0.1, 0.15) is 21.8 Å². The number of aromatic nitrogens is 2. The van der Waals surface area contributed by atoms with Crippen LogP contribution in [0.25, 0.3) is 21.8 Å². The number of nitriles is 1. The van der Waals surface area contributed by atoms with Gasteiger partial charge in [0, 0.05) is 22.2 Å². The summed E-state index contributed by atoms with van der Waals surface area (Å²) in [6.45, 7) is 2.16. The van der Waals surface area contributed by atoms with Crippen molar-refractivity contribution >= 4 is 40.8 Å². The molecule has 0 amide bonds. The predicted molar refractivity (Wildman–Crippen MR) is 121 cm³/mol. The van der Waals surface area contributed by atoms with Crippen molar-refractivity contribution in [3.8, 4) is 27.9 Å². The lowest BCUT2D eigenvalue weighted by molar-refractivity contribution is 0.0697. The fourth-order valence-electron chi connectivity index (χ4n) is 2.71. The molecule has 0 bridgehead atoms. The normalized spacial score (nSPS) is 10.6. The smallest absolute Gasteiger partial charge is 0.336 e. The molecule has 148 valence electrons. The third kappa shape index (κ3) is 5.18. The van der Waals surface area contributed by atoms with Gasteiger partial charge in [-0.3, -0.25) is 0 Å². The van der Waals surface area contributed by atoms with Gasteiger partial charge < -0.3 is 5.11 Å². The molecule has 5 nitrogen and oxygen atoms in total. The number of carbonyl (C=O) groups is 1. The van der Waals surface area contributed by atoms with Crippen molar-refractivity contribution in [1.82, 2.24) is 9.97 Å². The number of carboxylic acids is 1. The average Bonchev–Trinajstić information content (AvgIpc) is 3.28. The Hall–Kier alpha value is -2.34. The largest absolute Gasteiger partial charge is 0.478 e. The number of hydrogen-bond donors (Lipinski definition) is 1. The highest BCUT2D eigenvalue weighted by Crippen LogP contribution is 2.37. The van der Waals surface area contributed by atoms with Crippen LogP contribution in [0.4, 0.5) is 0 Å². The number of aromatic carboxylic acids is 1. The summed E-state index contributed by atoms with van der Waals surface area (Å²) in [6, 6.07) is 10.8. The van der Waals surface area contributed by atoms with E-state index < -0.39 is 5.97 Å². The maximum Gasteiger partial charge on any atom is 0.336 e. The zero-order chi connectivity index (χ0) is 20.6. The highest BCUT2D eigenvalue weighted by Gasteiger charge is 2.20. The summed E-state index contributed by atoms with van der Waals surface area (Å²) in [6.07, 6.45) is 4.01. The van der Waals surface area contributed by atoms with E-state index in [0.717, 1.165) is 28.7 Å². The molecule has 0 spiro atoms. The van der Waals surface area contributed by atoms with Gasteiger partial charge in [-0.15, -0.1) is 11.3 Å². The summed E-state index contributed by atoms with van der Waals surface area (Å²) in [5.74, 6) is 0.0353. The molecular formula is C21H19N3O2S3. The van der Waals surface area contributed by atoms with Crippen LogP contribution in [0, 0.1) is 11.3 Å². The van der Waals surface area contributed by atoms with E-state index in [9.17, 15) is 15.2 Å². The molecule has 0 aliphatic carbocycles. The number of pyridine rings is 1. The second kappa shape index (κ2) is 10.4. The molecule has 0 radical (unpaired) electrons. The fourth-order valence-corrected chi connectivity index (χ4v) is 5.52. The van der Waals surface area contributed by atoms with Gasteiger partial charge in [-0.2, -0.15) is 17.0 Å². The van der Waals surface area contributed by atoms with Crippen LogP contribution in [0.15, 0.2) is 46.9 Å². The van der Waals surface area contributed by atoms with Crippen LogP contribution >= 0.6 is 34.9 Å². The molecule has 0 aliphatic rings. The quantitative estimate of drug-likeness (QED) is 0.247. The van der Waals surface area contributed by atoms with Crippen LogP contribution in [0.2, 0.25) is 0 Å². The molecule has 3 aromatic rings. The Morgan fingerprint density at radius 2 is 2.14 bits per heavy atom. The summed E-state index contributed by atoms with van der Waals surface area (Å²) in [5.41, 5.74) is 2.30. The number of thiazole rings is 1. The van der Waals surface area contributed by atoms with Crippen LogP contribution in [0.3, 0.4) is 0 Å². The summed E-state index contributed by atoms with van der Waals surface area (Å²) in [7, 11) is 0. The maximum absolute atomic E-state index is 11.7. The first-order valence-corrected chi connectivity index (χ1v) is 12.1. The maximum atomic E-state index is 11.7. The standard InChI is InChI=1S/C21H19N3O2S3/c1-2-3-9-27-13-29-19-17(12-22)16(11-18(24-19)20-23-8-10-28-20)14-6-4-5-7-15(14)21(25)26/h4-8,10-11H,2-3,9,13H2,1H3,(H,25,26). The Labute approximate surface area is 182 Å². The number of rotatable bonds is 9. The van der Waals surface area contributed by atoms with Gasteiger partial charge in [0.05, 0.1) is 11.1 Å². The van der Waals surface area contributed by atoms with Gasteiger partial charge in [-0.05, 0) is 29.9 Å². The topological polar surface area (TPSA) is 86.9 Å². The molecule has 1 N–H and O–H groups in total. The molecule has 1 aromatic carbocycles. The summed E-state index contributed by atoms with van der Waals surface area (Å²) in [4.78, 5) is 20.8. The second-order valence-electron chi connectivity index (χ2n) is 6.06. The van der Waals surface area contributed by atoms with Crippen molar-refractivity contribution < 1.29 is 9.90 Å². The van der Waals surface area contributed by atoms with E-state index in [1.807, 2.05) is 17.1 Å². The average molecular weight is 442 g/mol. The molecule has 8 heteroatoms. The summed E-state index contributed by atoms with van der Waals surface area (Å²) >= 11 is 4.79. The van der Waals surface area contributed by atoms with E-state index in [0.29, 0.717) is 27.4 Å². The van der Waals surface area contributed by atoms with Crippen LogP contribution in [0.5, 0.6) is 0 Å². The van der Waals surface area contributed by atoms with Gasteiger partial charge in [-0.1, -0.05) is 43.3 Å². The highest BCUT2D eigenvalue weighted by molar-refractivity contribution is 8.15. The van der Waals surface area contributed by atoms with Crippen molar-refractivity contribution in [3.05, 3.63) is 53.0 Å². The zero-order valence-electron chi connectivity index (χ0n) is 15.8. The van der Waals surface area contributed by atoms with Gasteiger partial charge >= 0.3 is 5.97 Å². The minimum atomic E-state index is -1.03. The number of carboxylic acid groups (broad SMARTS) is 1. The van der Waals surface area contributed by atoms with Crippen molar-refractivity contribution in [2.75, 3.05) is 10.8 Å². The van der Waals surface area contributed by atoms with Crippen LogP contribution < -0.4 is 0 Å². The van der Waals surface area contributed by atoms with E-state index in [1.165, 1.54) is 23.1 Å². The van der Waals surface area contributed by atoms with E-state index in [-0.39, 0.29) is 5.56 Å². The van der Waals surface area contributed by atoms with Crippen molar-refractivity contribution in [2.24, 2.45) is 0 Å². The number of thioether (sulfide) groups is 2. The lowest BCUT2D eigenvalue weighted by atomic mass is 9.96. The molecule has 0 unspecified atom stereocenters. The molecule has 2 aromatic heterocycles. The SMILES string of the molecule is CCCCSCSc1nc(-c2nccs2)cc(-c2ccccc2C(=O)O)c1C#N. The molecule has 0 atom stereocenters. The van der Waals surface area contributed by atoms with Gasteiger partial charge in [-0.25, -0.2) is 14.8 Å². The summed E-state index contributed by atoms with van der Waals surface area (Å²) in [5, 5.41) is 23.5. The van der Waals surface area contributed by atoms with Crippen molar-refractivity contribution in [1.29, 1.82) is 5.26 Å². The van der Waals surface area contributed by atoms with Crippen molar-refractivity contribution in [3.63, 3.8) is 0 Å². The van der Waals surface area contributed by atoms with E-state index >= 15 is 0 Å². The molecular weight excluding hydrogens is 422 g/mol. The van der Waals surface area contributed by atoms with Gasteiger partial charge in [0.15, 0.2) is 0 Å². The van der Waals surface area contributed by atoms with E-state index in [2.05, 4.69) is 18.0 Å². The first-order chi connectivity index (χ1) is 14.2. The van der Waals surface area contributed by atoms with Crippen LogP contribution in [-0.2, 0) is 0 Å². The Bertz CT molecular complexity index is 1030. The predicted octanol–water partition coefficient (Wildman–Crippen LogP) is 6.02. The molecule has 0 fully saturated rings. The van der Waals surface area contributed by atoms with E-state index in [4.69, 9.17) is 4.98 Å². The lowest BCUT2D eigenvalue weighted by Gasteiger charge is -2.13. The number of benzene rings is 1. The Kier molecular flexibility index (Phi) is 7.69. The Morgan fingerprint density at radius 1 is 1.31 bits per heavy atom. The first kappa shape index (κ1) is 21.4.